The summed E-state index contributed by atoms with van der Waals surface area (Å²) < 4.78 is 5.34. The Balaban J connectivity index is 2.24. The molecular weight excluding hydrogens is 294 g/mol. The first kappa shape index (κ1) is 19.7. The van der Waals surface area contributed by atoms with Crippen LogP contribution >= 0.6 is 0 Å². The van der Waals surface area contributed by atoms with Crippen LogP contribution in [-0.4, -0.2) is 75.3 Å². The molecule has 0 saturated carbocycles. The molecule has 7 nitrogen and oxygen atoms in total. The standard InChI is InChI=1S/C16H33N5O2/c1-4-14(3)20-15(22)6-7-18-16(17-5-2)19-8-9-21-10-12-23-13-11-21/h14H,4-13H2,1-3H3,(H,20,22)(H2,17,18,19). The van der Waals surface area contributed by atoms with Gasteiger partial charge in [-0.3, -0.25) is 14.7 Å². The molecule has 1 rings (SSSR count). The Hall–Kier alpha value is -1.34. The lowest BCUT2D eigenvalue weighted by Gasteiger charge is -2.25. The van der Waals surface area contributed by atoms with Crippen molar-refractivity contribution in [3.8, 4) is 0 Å². The zero-order chi connectivity index (χ0) is 16.9. The van der Waals surface area contributed by atoms with Crippen LogP contribution in [0.5, 0.6) is 0 Å². The summed E-state index contributed by atoms with van der Waals surface area (Å²) in [4.78, 5) is 18.7. The molecule has 7 heteroatoms. The van der Waals surface area contributed by atoms with Crippen molar-refractivity contribution in [3.05, 3.63) is 0 Å². The van der Waals surface area contributed by atoms with Gasteiger partial charge in [0.25, 0.3) is 0 Å². The van der Waals surface area contributed by atoms with E-state index in [1.807, 2.05) is 13.8 Å². The Morgan fingerprint density at radius 1 is 1.26 bits per heavy atom. The molecule has 0 aromatic heterocycles. The van der Waals surface area contributed by atoms with Crippen molar-refractivity contribution < 1.29 is 9.53 Å². The summed E-state index contributed by atoms with van der Waals surface area (Å²) in [6, 6.07) is 0.234. The molecule has 0 spiro atoms. The van der Waals surface area contributed by atoms with Gasteiger partial charge in [-0.25, -0.2) is 0 Å². The largest absolute Gasteiger partial charge is 0.379 e. The molecule has 1 atom stereocenters. The molecule has 3 N–H and O–H groups in total. The van der Waals surface area contributed by atoms with E-state index in [-0.39, 0.29) is 11.9 Å². The highest BCUT2D eigenvalue weighted by molar-refractivity contribution is 5.81. The second-order valence-electron chi connectivity index (χ2n) is 5.77. The number of hydrogen-bond donors (Lipinski definition) is 3. The van der Waals surface area contributed by atoms with E-state index in [0.717, 1.165) is 58.3 Å². The highest BCUT2D eigenvalue weighted by Crippen LogP contribution is 1.95. The van der Waals surface area contributed by atoms with Gasteiger partial charge in [-0.1, -0.05) is 6.92 Å². The number of ether oxygens (including phenoxy) is 1. The third-order valence-electron chi connectivity index (χ3n) is 3.80. The third kappa shape index (κ3) is 9.40. The molecule has 1 heterocycles. The average Bonchev–Trinajstić information content (AvgIpc) is 2.55. The zero-order valence-electron chi connectivity index (χ0n) is 14.9. The first-order valence-electron chi connectivity index (χ1n) is 8.77. The normalized spacial score (nSPS) is 17.6. The number of rotatable bonds is 9. The molecular formula is C16H33N5O2. The van der Waals surface area contributed by atoms with Crippen LogP contribution in [0.4, 0.5) is 0 Å². The van der Waals surface area contributed by atoms with E-state index in [2.05, 4.69) is 32.8 Å². The quantitative estimate of drug-likeness (QED) is 0.416. The van der Waals surface area contributed by atoms with E-state index in [9.17, 15) is 4.79 Å². The van der Waals surface area contributed by atoms with Crippen LogP contribution in [0.3, 0.4) is 0 Å². The van der Waals surface area contributed by atoms with E-state index in [1.54, 1.807) is 0 Å². The van der Waals surface area contributed by atoms with E-state index < -0.39 is 0 Å². The van der Waals surface area contributed by atoms with Crippen molar-refractivity contribution in [2.24, 2.45) is 4.99 Å². The van der Waals surface area contributed by atoms with Gasteiger partial charge in [0, 0.05) is 45.2 Å². The summed E-state index contributed by atoms with van der Waals surface area (Å²) in [5.74, 6) is 0.855. The highest BCUT2D eigenvalue weighted by atomic mass is 16.5. The van der Waals surface area contributed by atoms with E-state index in [0.29, 0.717) is 13.0 Å². The number of nitrogens with zero attached hydrogens (tertiary/aromatic N) is 2. The molecule has 0 radical (unpaired) electrons. The molecule has 1 fully saturated rings. The molecule has 0 bridgehead atoms. The van der Waals surface area contributed by atoms with Crippen LogP contribution in [0, 0.1) is 0 Å². The first-order valence-corrected chi connectivity index (χ1v) is 8.77. The maximum atomic E-state index is 11.7. The predicted molar refractivity (Wildman–Crippen MR) is 93.8 cm³/mol. The number of carbonyl (C=O) groups excluding carboxylic acids is 1. The third-order valence-corrected chi connectivity index (χ3v) is 3.80. The summed E-state index contributed by atoms with van der Waals surface area (Å²) >= 11 is 0. The molecule has 0 aromatic rings. The number of carbonyl (C=O) groups is 1. The number of aliphatic imine (C=N–C) groups is 1. The average molecular weight is 327 g/mol. The van der Waals surface area contributed by atoms with Crippen molar-refractivity contribution in [2.45, 2.75) is 39.7 Å². The molecule has 1 amide bonds. The molecule has 1 aliphatic heterocycles. The number of amides is 1. The Kier molecular flexibility index (Phi) is 10.4. The molecule has 0 aromatic carbocycles. The monoisotopic (exact) mass is 327 g/mol. The molecule has 1 saturated heterocycles. The first-order chi connectivity index (χ1) is 11.2. The summed E-state index contributed by atoms with van der Waals surface area (Å²) in [7, 11) is 0. The Bertz CT molecular complexity index is 356. The topological polar surface area (TPSA) is 78.0 Å². The maximum absolute atomic E-state index is 11.7. The lowest BCUT2D eigenvalue weighted by Crippen LogP contribution is -2.41. The van der Waals surface area contributed by atoms with Crippen LogP contribution in [0.25, 0.3) is 0 Å². The van der Waals surface area contributed by atoms with Crippen LogP contribution in [0.2, 0.25) is 0 Å². The van der Waals surface area contributed by atoms with Gasteiger partial charge < -0.3 is 20.7 Å². The number of nitrogens with one attached hydrogen (secondary N) is 3. The summed E-state index contributed by atoms with van der Waals surface area (Å²) in [5.41, 5.74) is 0. The number of guanidine groups is 1. The fourth-order valence-corrected chi connectivity index (χ4v) is 2.21. The Labute approximate surface area is 140 Å². The minimum absolute atomic E-state index is 0.0796. The SMILES string of the molecule is CCNC(=NCCN1CCOCC1)NCCC(=O)NC(C)CC. The van der Waals surface area contributed by atoms with Crippen molar-refractivity contribution >= 4 is 11.9 Å². The second kappa shape index (κ2) is 12.1. The van der Waals surface area contributed by atoms with Crippen LogP contribution in [0.15, 0.2) is 4.99 Å². The fraction of sp³-hybridized carbons (Fsp3) is 0.875. The van der Waals surface area contributed by atoms with Gasteiger partial charge in [0.1, 0.15) is 0 Å². The van der Waals surface area contributed by atoms with Gasteiger partial charge in [-0.15, -0.1) is 0 Å². The maximum Gasteiger partial charge on any atom is 0.221 e. The molecule has 1 aliphatic rings. The summed E-state index contributed by atoms with van der Waals surface area (Å²) in [6.07, 6.45) is 1.41. The van der Waals surface area contributed by atoms with E-state index in [4.69, 9.17) is 4.74 Å². The van der Waals surface area contributed by atoms with Gasteiger partial charge >= 0.3 is 0 Å². The van der Waals surface area contributed by atoms with Gasteiger partial charge in [0.05, 0.1) is 19.8 Å². The van der Waals surface area contributed by atoms with Crippen molar-refractivity contribution in [1.82, 2.24) is 20.9 Å². The Morgan fingerprint density at radius 3 is 2.65 bits per heavy atom. The zero-order valence-corrected chi connectivity index (χ0v) is 14.9. The number of morpholine rings is 1. The van der Waals surface area contributed by atoms with Gasteiger partial charge in [-0.05, 0) is 20.3 Å². The van der Waals surface area contributed by atoms with Crippen molar-refractivity contribution in [1.29, 1.82) is 0 Å². The van der Waals surface area contributed by atoms with Gasteiger partial charge in [0.15, 0.2) is 5.96 Å². The van der Waals surface area contributed by atoms with Crippen molar-refractivity contribution in [3.63, 3.8) is 0 Å². The highest BCUT2D eigenvalue weighted by Gasteiger charge is 2.09. The second-order valence-corrected chi connectivity index (χ2v) is 5.77. The minimum Gasteiger partial charge on any atom is -0.379 e. The molecule has 1 unspecified atom stereocenters. The molecule has 23 heavy (non-hydrogen) atoms. The van der Waals surface area contributed by atoms with Crippen molar-refractivity contribution in [2.75, 3.05) is 52.5 Å². The van der Waals surface area contributed by atoms with Gasteiger partial charge in [0.2, 0.25) is 5.91 Å². The van der Waals surface area contributed by atoms with E-state index in [1.165, 1.54) is 0 Å². The predicted octanol–water partition coefficient (Wildman–Crippen LogP) is 0.179. The Morgan fingerprint density at radius 2 is 2.00 bits per heavy atom. The number of hydrogen-bond acceptors (Lipinski definition) is 4. The molecule has 134 valence electrons. The lowest BCUT2D eigenvalue weighted by molar-refractivity contribution is -0.121. The molecule has 0 aliphatic carbocycles. The van der Waals surface area contributed by atoms with E-state index >= 15 is 0 Å². The summed E-state index contributed by atoms with van der Waals surface area (Å²) in [6.45, 7) is 12.8. The smallest absolute Gasteiger partial charge is 0.221 e. The van der Waals surface area contributed by atoms with Crippen LogP contribution in [0.1, 0.15) is 33.6 Å². The lowest BCUT2D eigenvalue weighted by atomic mass is 10.2. The van der Waals surface area contributed by atoms with Crippen LogP contribution in [-0.2, 0) is 9.53 Å². The van der Waals surface area contributed by atoms with Gasteiger partial charge in [-0.2, -0.15) is 0 Å². The minimum atomic E-state index is 0.0796. The fourth-order valence-electron chi connectivity index (χ4n) is 2.21. The van der Waals surface area contributed by atoms with Crippen LogP contribution < -0.4 is 16.0 Å². The summed E-state index contributed by atoms with van der Waals surface area (Å²) in [5, 5.41) is 9.39.